The molecule has 2 aromatic rings. The lowest BCUT2D eigenvalue weighted by molar-refractivity contribution is -0.113. The highest BCUT2D eigenvalue weighted by atomic mass is 32.2. The minimum atomic E-state index is -0.502. The van der Waals surface area contributed by atoms with E-state index in [4.69, 9.17) is 4.74 Å². The van der Waals surface area contributed by atoms with Crippen molar-refractivity contribution in [3.05, 3.63) is 71.8 Å². The number of benzene rings is 2. The highest BCUT2D eigenvalue weighted by Gasteiger charge is 2.23. The molecule has 1 aliphatic rings. The molecule has 1 atom stereocenters. The number of rotatable bonds is 6. The normalized spacial score (nSPS) is 17.3. The molecule has 0 saturated carbocycles. The topological polar surface area (TPSA) is 41.9 Å². The van der Waals surface area contributed by atoms with Crippen LogP contribution in [0.3, 0.4) is 0 Å². The van der Waals surface area contributed by atoms with Crippen molar-refractivity contribution in [1.29, 1.82) is 0 Å². The molecule has 5 heteroatoms. The quantitative estimate of drug-likeness (QED) is 0.603. The van der Waals surface area contributed by atoms with Gasteiger partial charge in [-0.2, -0.15) is 9.52 Å². The summed E-state index contributed by atoms with van der Waals surface area (Å²) in [6.45, 7) is 2.46. The number of amides is 1. The summed E-state index contributed by atoms with van der Waals surface area (Å²) in [5.74, 6) is 0.443. The molecule has 0 spiro atoms. The van der Waals surface area contributed by atoms with Crippen molar-refractivity contribution in [2.45, 2.75) is 13.5 Å². The Bertz CT molecular complexity index is 742. The average molecular weight is 326 g/mol. The van der Waals surface area contributed by atoms with Crippen LogP contribution in [0.1, 0.15) is 18.1 Å². The van der Waals surface area contributed by atoms with E-state index in [1.54, 1.807) is 0 Å². The van der Waals surface area contributed by atoms with E-state index in [-0.39, 0.29) is 0 Å². The maximum Gasteiger partial charge on any atom is 0.239 e. The van der Waals surface area contributed by atoms with Crippen LogP contribution < -0.4 is 0 Å². The van der Waals surface area contributed by atoms with Crippen LogP contribution >= 0.6 is 10.7 Å². The maximum atomic E-state index is 11.3. The second kappa shape index (κ2) is 7.35. The lowest BCUT2D eigenvalue weighted by Gasteiger charge is -2.15. The Hall–Kier alpha value is -2.24. The second-order valence-corrected chi connectivity index (χ2v) is 6.85. The first-order valence-corrected chi connectivity index (χ1v) is 8.70. The molecule has 3 rings (SSSR count). The van der Waals surface area contributed by atoms with Crippen LogP contribution in [-0.4, -0.2) is 27.3 Å². The molecule has 0 aromatic heterocycles. The van der Waals surface area contributed by atoms with E-state index < -0.39 is 10.7 Å². The van der Waals surface area contributed by atoms with Crippen LogP contribution in [0.25, 0.3) is 0 Å². The average Bonchev–Trinajstić information content (AvgIpc) is 2.92. The Morgan fingerprint density at radius 3 is 2.39 bits per heavy atom. The predicted octanol–water partition coefficient (Wildman–Crippen LogP) is 3.41. The zero-order valence-corrected chi connectivity index (χ0v) is 13.7. The number of hydrogen-bond donors (Lipinski definition) is 0. The van der Waals surface area contributed by atoms with Crippen LogP contribution in [0.4, 0.5) is 0 Å². The Morgan fingerprint density at radius 1 is 1.09 bits per heavy atom. The number of carbonyl (C=O) groups is 1. The minimum absolute atomic E-state index is 0.443. The summed E-state index contributed by atoms with van der Waals surface area (Å²) in [4.78, 5) is 12.4. The molecule has 2 aromatic carbocycles. The van der Waals surface area contributed by atoms with E-state index in [1.807, 2.05) is 67.6 Å². The highest BCUT2D eigenvalue weighted by Crippen LogP contribution is 2.30. The molecule has 0 fully saturated rings. The molecule has 0 aliphatic carbocycles. The molecule has 1 aliphatic heterocycles. The third kappa shape index (κ3) is 3.57. The zero-order chi connectivity index (χ0) is 16.1. The van der Waals surface area contributed by atoms with Gasteiger partial charge in [-0.25, -0.2) is 0 Å². The molecule has 0 saturated heterocycles. The third-order valence-electron chi connectivity index (χ3n) is 3.47. The Balaban J connectivity index is 1.81. The van der Waals surface area contributed by atoms with Gasteiger partial charge < -0.3 is 4.74 Å². The molecular formula is C18H18N2O2S. The van der Waals surface area contributed by atoms with Gasteiger partial charge in [0.05, 0.1) is 17.2 Å². The van der Waals surface area contributed by atoms with E-state index in [0.29, 0.717) is 12.5 Å². The van der Waals surface area contributed by atoms with E-state index >= 15 is 0 Å². The van der Waals surface area contributed by atoms with Gasteiger partial charge in [-0.15, -0.1) is 0 Å². The Morgan fingerprint density at radius 2 is 1.74 bits per heavy atom. The molecule has 1 amide bonds. The van der Waals surface area contributed by atoms with Crippen molar-refractivity contribution in [3.63, 3.8) is 0 Å². The summed E-state index contributed by atoms with van der Waals surface area (Å²) < 4.78 is 7.33. The molecule has 0 N–H and O–H groups in total. The van der Waals surface area contributed by atoms with E-state index in [2.05, 4.69) is 5.10 Å². The monoisotopic (exact) mass is 326 g/mol. The van der Waals surface area contributed by atoms with Gasteiger partial charge in [-0.3, -0.25) is 4.79 Å². The zero-order valence-electron chi connectivity index (χ0n) is 12.9. The fraction of sp³-hybridized carbons (Fsp3) is 0.167. The van der Waals surface area contributed by atoms with Crippen molar-refractivity contribution < 1.29 is 9.53 Å². The van der Waals surface area contributed by atoms with Gasteiger partial charge in [0.25, 0.3) is 0 Å². The van der Waals surface area contributed by atoms with Crippen LogP contribution in [-0.2, 0) is 16.1 Å². The molecule has 0 radical (unpaired) electrons. The molecule has 118 valence electrons. The van der Waals surface area contributed by atoms with Gasteiger partial charge in [0.15, 0.2) is 0 Å². The summed E-state index contributed by atoms with van der Waals surface area (Å²) in [6, 6.07) is 20.1. The van der Waals surface area contributed by atoms with Crippen molar-refractivity contribution in [2.75, 3.05) is 5.94 Å². The summed E-state index contributed by atoms with van der Waals surface area (Å²) in [7, 11) is -0.502. The van der Waals surface area contributed by atoms with Crippen LogP contribution in [0, 0.1) is 0 Å². The number of hydrogen-bond acceptors (Lipinski definition) is 3. The van der Waals surface area contributed by atoms with Crippen molar-refractivity contribution in [3.8, 4) is 0 Å². The number of hydrazone groups is 1. The van der Waals surface area contributed by atoms with Crippen LogP contribution in [0.5, 0.6) is 0 Å². The SMILES string of the molecule is CC1=NN(C=O)S(COCc2ccccc2)=C1c1ccccc1. The largest absolute Gasteiger partial charge is 0.365 e. The second-order valence-electron chi connectivity index (χ2n) is 5.11. The van der Waals surface area contributed by atoms with Crippen LogP contribution in [0.2, 0.25) is 0 Å². The number of carbonyl (C=O) groups excluding carboxylic acids is 1. The summed E-state index contributed by atoms with van der Waals surface area (Å²) in [6.07, 6.45) is 0.772. The third-order valence-corrected chi connectivity index (χ3v) is 5.48. The molecule has 0 bridgehead atoms. The molecular weight excluding hydrogens is 308 g/mol. The maximum absolute atomic E-state index is 11.3. The van der Waals surface area contributed by atoms with Gasteiger partial charge in [0.2, 0.25) is 6.41 Å². The van der Waals surface area contributed by atoms with Gasteiger partial charge in [0.1, 0.15) is 5.94 Å². The summed E-state index contributed by atoms with van der Waals surface area (Å²) >= 11 is 0. The lowest BCUT2D eigenvalue weighted by atomic mass is 10.1. The van der Waals surface area contributed by atoms with Gasteiger partial charge >= 0.3 is 0 Å². The first-order chi connectivity index (χ1) is 11.3. The molecule has 1 heterocycles. The van der Waals surface area contributed by atoms with Gasteiger partial charge in [0, 0.05) is 0 Å². The summed E-state index contributed by atoms with van der Waals surface area (Å²) in [5.41, 5.74) is 3.08. The minimum Gasteiger partial charge on any atom is -0.365 e. The van der Waals surface area contributed by atoms with E-state index in [9.17, 15) is 4.79 Å². The molecule has 23 heavy (non-hydrogen) atoms. The smallest absolute Gasteiger partial charge is 0.239 e. The highest BCUT2D eigenvalue weighted by molar-refractivity contribution is 8.15. The van der Waals surface area contributed by atoms with Crippen molar-refractivity contribution >= 4 is 27.7 Å². The number of nitrogens with zero attached hydrogens (tertiary/aromatic N) is 2. The predicted molar refractivity (Wildman–Crippen MR) is 95.3 cm³/mol. The van der Waals surface area contributed by atoms with Gasteiger partial charge in [-0.05, 0) is 28.7 Å². The fourth-order valence-electron chi connectivity index (χ4n) is 2.44. The lowest BCUT2D eigenvalue weighted by Crippen LogP contribution is -2.12. The Labute approximate surface area is 138 Å². The first kappa shape index (κ1) is 15.6. The van der Waals surface area contributed by atoms with E-state index in [0.717, 1.165) is 28.1 Å². The number of ether oxygens (including phenoxy) is 1. The summed E-state index contributed by atoms with van der Waals surface area (Å²) in [5, 5.41) is 4.35. The van der Waals surface area contributed by atoms with Crippen molar-refractivity contribution in [2.24, 2.45) is 5.10 Å². The Kier molecular flexibility index (Phi) is 5.00. The molecule has 4 nitrogen and oxygen atoms in total. The van der Waals surface area contributed by atoms with Gasteiger partial charge in [-0.1, -0.05) is 60.7 Å². The standard InChI is InChI=1S/C18H18N2O2S/c1-15-18(17-10-6-3-7-11-17)23(20(13-21)19-15)14-22-12-16-8-4-2-5-9-16/h2-11,13H,12,14H2,1H3. The van der Waals surface area contributed by atoms with E-state index in [1.165, 1.54) is 4.41 Å². The van der Waals surface area contributed by atoms with Crippen molar-refractivity contribution in [1.82, 2.24) is 4.41 Å². The fourth-order valence-corrected chi connectivity index (χ4v) is 4.21. The molecule has 1 unspecified atom stereocenters. The van der Waals surface area contributed by atoms with Crippen LogP contribution in [0.15, 0.2) is 65.8 Å². The first-order valence-electron chi connectivity index (χ1n) is 7.35.